The Hall–Kier alpha value is -2.12. The number of hydrogen-bond donors (Lipinski definition) is 1. The van der Waals surface area contributed by atoms with Gasteiger partial charge >= 0.3 is 6.18 Å². The normalized spacial score (nSPS) is 27.3. The molecular formula is C22H26F3N3O. The van der Waals surface area contributed by atoms with E-state index in [4.69, 9.17) is 4.84 Å². The zero-order valence-corrected chi connectivity index (χ0v) is 16.7. The van der Waals surface area contributed by atoms with E-state index in [0.717, 1.165) is 31.9 Å². The fourth-order valence-corrected chi connectivity index (χ4v) is 4.78. The van der Waals surface area contributed by atoms with Crippen molar-refractivity contribution >= 4 is 5.82 Å². The van der Waals surface area contributed by atoms with Crippen LogP contribution in [0.15, 0.2) is 42.6 Å². The van der Waals surface area contributed by atoms with Gasteiger partial charge in [-0.2, -0.15) is 18.7 Å². The highest BCUT2D eigenvalue weighted by Gasteiger charge is 2.49. The van der Waals surface area contributed by atoms with Crippen molar-refractivity contribution in [2.75, 3.05) is 19.0 Å². The van der Waals surface area contributed by atoms with Gasteiger partial charge in [0.15, 0.2) is 0 Å². The van der Waals surface area contributed by atoms with E-state index >= 15 is 0 Å². The molecule has 2 fully saturated rings. The average molecular weight is 405 g/mol. The minimum absolute atomic E-state index is 0.219. The third-order valence-corrected chi connectivity index (χ3v) is 6.16. The summed E-state index contributed by atoms with van der Waals surface area (Å²) in [5, 5.41) is 0. The van der Waals surface area contributed by atoms with Crippen molar-refractivity contribution in [2.45, 2.75) is 55.8 Å². The van der Waals surface area contributed by atoms with Crippen LogP contribution in [0.25, 0.3) is 0 Å². The van der Waals surface area contributed by atoms with Crippen LogP contribution in [-0.4, -0.2) is 24.7 Å². The summed E-state index contributed by atoms with van der Waals surface area (Å²) in [6.45, 7) is 0. The molecule has 1 saturated heterocycles. The predicted molar refractivity (Wildman–Crippen MR) is 106 cm³/mol. The maximum atomic E-state index is 13.3. The van der Waals surface area contributed by atoms with Gasteiger partial charge in [-0.3, -0.25) is 4.84 Å². The summed E-state index contributed by atoms with van der Waals surface area (Å²) in [6, 6.07) is 11.1. The second-order valence-electron chi connectivity index (χ2n) is 8.28. The van der Waals surface area contributed by atoms with E-state index in [0.29, 0.717) is 17.8 Å². The van der Waals surface area contributed by atoms with Crippen molar-refractivity contribution in [1.82, 2.24) is 10.5 Å². The molecule has 1 saturated carbocycles. The van der Waals surface area contributed by atoms with Gasteiger partial charge in [0.25, 0.3) is 0 Å². The van der Waals surface area contributed by atoms with Crippen LogP contribution in [0.5, 0.6) is 0 Å². The Labute approximate surface area is 169 Å². The highest BCUT2D eigenvalue weighted by Crippen LogP contribution is 2.51. The van der Waals surface area contributed by atoms with Gasteiger partial charge in [-0.1, -0.05) is 43.2 Å². The number of nitrogens with one attached hydrogen (secondary N) is 1. The number of rotatable bonds is 3. The standard InChI is InChI=1S/C22H26F3N3O/c1-28(2)20-17(12-16(14-26-20)22(23,24)25)19-13-21(29-27-19)11-7-6-10-18(21)15-8-4-3-5-9-15/h3-5,8-9,12,14,18-19,27H,6-7,10-11,13H2,1-2H3/t18-,19-,21+/m0/s1. The van der Waals surface area contributed by atoms with Crippen LogP contribution in [0.4, 0.5) is 19.0 Å². The maximum absolute atomic E-state index is 13.3. The van der Waals surface area contributed by atoms with E-state index in [1.54, 1.807) is 19.0 Å². The van der Waals surface area contributed by atoms with Gasteiger partial charge in [-0.15, -0.1) is 0 Å². The Morgan fingerprint density at radius 2 is 1.93 bits per heavy atom. The van der Waals surface area contributed by atoms with E-state index in [1.807, 2.05) is 18.2 Å². The van der Waals surface area contributed by atoms with Gasteiger partial charge in [0.2, 0.25) is 0 Å². The van der Waals surface area contributed by atoms with Crippen LogP contribution in [0, 0.1) is 0 Å². The molecule has 0 radical (unpaired) electrons. The van der Waals surface area contributed by atoms with Crippen molar-refractivity contribution in [2.24, 2.45) is 0 Å². The van der Waals surface area contributed by atoms with E-state index in [-0.39, 0.29) is 12.0 Å². The molecule has 0 unspecified atom stereocenters. The third-order valence-electron chi connectivity index (χ3n) is 6.16. The number of nitrogens with zero attached hydrogens (tertiary/aromatic N) is 2. The molecule has 1 aromatic carbocycles. The van der Waals surface area contributed by atoms with Crippen LogP contribution in [0.3, 0.4) is 0 Å². The first-order chi connectivity index (χ1) is 13.8. The Morgan fingerprint density at radius 1 is 1.17 bits per heavy atom. The smallest absolute Gasteiger partial charge is 0.362 e. The molecule has 2 heterocycles. The molecule has 1 aromatic heterocycles. The molecule has 2 aliphatic rings. The van der Waals surface area contributed by atoms with Crippen molar-refractivity contribution in [1.29, 1.82) is 0 Å². The maximum Gasteiger partial charge on any atom is 0.417 e. The monoisotopic (exact) mass is 405 g/mol. The highest BCUT2D eigenvalue weighted by atomic mass is 19.4. The Balaban J connectivity index is 1.68. The molecule has 4 nitrogen and oxygen atoms in total. The first-order valence-corrected chi connectivity index (χ1v) is 10.0. The molecule has 7 heteroatoms. The highest BCUT2D eigenvalue weighted by molar-refractivity contribution is 5.49. The molecule has 1 aliphatic carbocycles. The topological polar surface area (TPSA) is 37.4 Å². The number of aromatic nitrogens is 1. The van der Waals surface area contributed by atoms with E-state index < -0.39 is 17.3 Å². The van der Waals surface area contributed by atoms with Gasteiger partial charge in [0.1, 0.15) is 5.82 Å². The Morgan fingerprint density at radius 3 is 2.62 bits per heavy atom. The minimum atomic E-state index is -4.43. The lowest BCUT2D eigenvalue weighted by Gasteiger charge is -2.40. The molecule has 1 N–H and O–H groups in total. The zero-order valence-electron chi connectivity index (χ0n) is 16.7. The summed E-state index contributed by atoms with van der Waals surface area (Å²) in [5.41, 5.74) is 3.68. The minimum Gasteiger partial charge on any atom is -0.362 e. The average Bonchev–Trinajstić information content (AvgIpc) is 3.12. The van der Waals surface area contributed by atoms with E-state index in [1.165, 1.54) is 11.6 Å². The summed E-state index contributed by atoms with van der Waals surface area (Å²) in [4.78, 5) is 12.1. The van der Waals surface area contributed by atoms with Gasteiger partial charge in [-0.25, -0.2) is 4.98 Å². The van der Waals surface area contributed by atoms with Gasteiger partial charge in [0, 0.05) is 38.2 Å². The molecule has 1 aliphatic heterocycles. The molecule has 4 rings (SSSR count). The van der Waals surface area contributed by atoms with Gasteiger partial charge < -0.3 is 4.90 Å². The van der Waals surface area contributed by atoms with Crippen molar-refractivity contribution in [3.05, 3.63) is 59.3 Å². The molecule has 29 heavy (non-hydrogen) atoms. The molecule has 1 spiro atoms. The van der Waals surface area contributed by atoms with Crippen LogP contribution >= 0.6 is 0 Å². The summed E-state index contributed by atoms with van der Waals surface area (Å²) in [6.07, 6.45) is 1.18. The first-order valence-electron chi connectivity index (χ1n) is 10.0. The van der Waals surface area contributed by atoms with Gasteiger partial charge in [-0.05, 0) is 24.5 Å². The lowest BCUT2D eigenvalue weighted by Crippen LogP contribution is -2.39. The van der Waals surface area contributed by atoms with E-state index in [2.05, 4.69) is 22.6 Å². The lowest BCUT2D eigenvalue weighted by molar-refractivity contribution is -0.137. The number of pyridine rings is 1. The molecule has 0 bridgehead atoms. The van der Waals surface area contributed by atoms with E-state index in [9.17, 15) is 13.2 Å². The summed E-state index contributed by atoms with van der Waals surface area (Å²) >= 11 is 0. The quantitative estimate of drug-likeness (QED) is 0.759. The fourth-order valence-electron chi connectivity index (χ4n) is 4.78. The van der Waals surface area contributed by atoms with Crippen LogP contribution in [-0.2, 0) is 11.0 Å². The van der Waals surface area contributed by atoms with Crippen LogP contribution in [0.1, 0.15) is 60.8 Å². The van der Waals surface area contributed by atoms with Crippen LogP contribution in [0.2, 0.25) is 0 Å². The first kappa shape index (κ1) is 20.2. The number of benzene rings is 1. The molecule has 3 atom stereocenters. The number of anilines is 1. The predicted octanol–water partition coefficient (Wildman–Crippen LogP) is 5.23. The second kappa shape index (κ2) is 7.61. The molecule has 2 aromatic rings. The summed E-state index contributed by atoms with van der Waals surface area (Å²) in [5.74, 6) is 0.750. The number of hydrogen-bond acceptors (Lipinski definition) is 4. The van der Waals surface area contributed by atoms with Crippen molar-refractivity contribution < 1.29 is 18.0 Å². The zero-order chi connectivity index (χ0) is 20.6. The van der Waals surface area contributed by atoms with Crippen molar-refractivity contribution in [3.8, 4) is 0 Å². The van der Waals surface area contributed by atoms with Crippen LogP contribution < -0.4 is 10.4 Å². The second-order valence-corrected chi connectivity index (χ2v) is 8.28. The van der Waals surface area contributed by atoms with Crippen molar-refractivity contribution in [3.63, 3.8) is 0 Å². The number of alkyl halides is 3. The summed E-state index contributed by atoms with van der Waals surface area (Å²) < 4.78 is 39.9. The fraction of sp³-hybridized carbons (Fsp3) is 0.500. The number of halogens is 3. The summed E-state index contributed by atoms with van der Waals surface area (Å²) in [7, 11) is 3.58. The number of hydroxylamine groups is 1. The molecule has 156 valence electrons. The largest absolute Gasteiger partial charge is 0.417 e. The Kier molecular flexibility index (Phi) is 5.29. The lowest BCUT2D eigenvalue weighted by atomic mass is 9.69. The molecular weight excluding hydrogens is 379 g/mol. The van der Waals surface area contributed by atoms with Gasteiger partial charge in [0.05, 0.1) is 17.2 Å². The molecule has 0 amide bonds. The Bertz CT molecular complexity index is 856. The third kappa shape index (κ3) is 3.85. The SMILES string of the molecule is CN(C)c1ncc(C(F)(F)F)cc1[C@@H]1C[C@@]2(CCCC[C@H]2c2ccccc2)ON1.